The molecule has 2 unspecified atom stereocenters. The first-order valence-electron chi connectivity index (χ1n) is 8.14. The molecule has 25 heavy (non-hydrogen) atoms. The number of carbonyl (C=O) groups is 3. The molecule has 0 bridgehead atoms. The number of hydrogen-bond donors (Lipinski definition) is 0. The van der Waals surface area contributed by atoms with Crippen molar-refractivity contribution in [3.8, 4) is 0 Å². The van der Waals surface area contributed by atoms with Crippen LogP contribution in [0.25, 0.3) is 0 Å². The molecule has 0 aromatic rings. The van der Waals surface area contributed by atoms with Crippen molar-refractivity contribution in [1.29, 1.82) is 0 Å². The van der Waals surface area contributed by atoms with Crippen LogP contribution < -0.4 is 0 Å². The lowest BCUT2D eigenvalue weighted by Crippen LogP contribution is -2.29. The third-order valence-electron chi connectivity index (χ3n) is 4.26. The molecule has 0 saturated heterocycles. The third-order valence-corrected chi connectivity index (χ3v) is 4.26. The van der Waals surface area contributed by atoms with Crippen LogP contribution in [0.3, 0.4) is 0 Å². The summed E-state index contributed by atoms with van der Waals surface area (Å²) in [6, 6.07) is 0. The first kappa shape index (κ1) is 20.6. The molecular weight excluding hydrogens is 320 g/mol. The fourth-order valence-corrected chi connectivity index (χ4v) is 2.36. The van der Waals surface area contributed by atoms with E-state index in [4.69, 9.17) is 9.47 Å². The summed E-state index contributed by atoms with van der Waals surface area (Å²) in [5.41, 5.74) is 1.45. The van der Waals surface area contributed by atoms with E-state index in [0.29, 0.717) is 11.1 Å². The van der Waals surface area contributed by atoms with Crippen molar-refractivity contribution >= 4 is 18.2 Å². The first-order chi connectivity index (χ1) is 11.5. The first-order valence-corrected chi connectivity index (χ1v) is 8.14. The molecule has 0 radical (unpaired) electrons. The molecule has 0 fully saturated rings. The van der Waals surface area contributed by atoms with E-state index in [9.17, 15) is 14.4 Å². The normalized spacial score (nSPS) is 20.7. The van der Waals surface area contributed by atoms with Crippen molar-refractivity contribution in [1.82, 2.24) is 0 Å². The van der Waals surface area contributed by atoms with E-state index >= 15 is 0 Å². The van der Waals surface area contributed by atoms with Gasteiger partial charge in [-0.2, -0.15) is 0 Å². The topological polar surface area (TPSA) is 69.7 Å². The highest BCUT2D eigenvalue weighted by molar-refractivity contribution is 5.92. The van der Waals surface area contributed by atoms with Crippen LogP contribution in [0.5, 0.6) is 0 Å². The SMILES string of the molecule is C=C(C(=O)OC1C=C(C=O)C(C)(C)C=C1C)C(C)OC(=O)C(C)=CC. The van der Waals surface area contributed by atoms with Gasteiger partial charge in [-0.1, -0.05) is 32.6 Å². The van der Waals surface area contributed by atoms with Crippen LogP contribution in [-0.4, -0.2) is 30.4 Å². The van der Waals surface area contributed by atoms with Crippen molar-refractivity contribution < 1.29 is 23.9 Å². The van der Waals surface area contributed by atoms with Crippen molar-refractivity contribution in [3.05, 3.63) is 47.1 Å². The summed E-state index contributed by atoms with van der Waals surface area (Å²) in [6.45, 7) is 14.2. The molecule has 0 aromatic heterocycles. The van der Waals surface area contributed by atoms with Crippen LogP contribution in [0.15, 0.2) is 47.1 Å². The van der Waals surface area contributed by atoms with Gasteiger partial charge in [0, 0.05) is 16.6 Å². The molecule has 0 heterocycles. The average Bonchev–Trinajstić information content (AvgIpc) is 2.54. The van der Waals surface area contributed by atoms with Crippen LogP contribution >= 0.6 is 0 Å². The number of aldehydes is 1. The summed E-state index contributed by atoms with van der Waals surface area (Å²) in [6.07, 6.45) is 4.47. The average molecular weight is 346 g/mol. The quantitative estimate of drug-likeness (QED) is 0.319. The van der Waals surface area contributed by atoms with E-state index in [0.717, 1.165) is 11.9 Å². The molecule has 0 saturated carbocycles. The summed E-state index contributed by atoms with van der Waals surface area (Å²) in [5, 5.41) is 0. The van der Waals surface area contributed by atoms with E-state index < -0.39 is 29.6 Å². The zero-order valence-electron chi connectivity index (χ0n) is 15.7. The Bertz CT molecular complexity index is 676. The summed E-state index contributed by atoms with van der Waals surface area (Å²) < 4.78 is 10.6. The van der Waals surface area contributed by atoms with Gasteiger partial charge in [0.15, 0.2) is 0 Å². The van der Waals surface area contributed by atoms with E-state index in [1.54, 1.807) is 32.9 Å². The smallest absolute Gasteiger partial charge is 0.338 e. The molecule has 1 aliphatic rings. The van der Waals surface area contributed by atoms with Gasteiger partial charge in [0.1, 0.15) is 18.5 Å². The number of ether oxygens (including phenoxy) is 2. The molecule has 0 amide bonds. The third kappa shape index (κ3) is 5.02. The highest BCUT2D eigenvalue weighted by Crippen LogP contribution is 2.34. The number of carbonyl (C=O) groups excluding carboxylic acids is 3. The second-order valence-electron chi connectivity index (χ2n) is 6.72. The van der Waals surface area contributed by atoms with Gasteiger partial charge in [-0.3, -0.25) is 4.79 Å². The van der Waals surface area contributed by atoms with Crippen molar-refractivity contribution in [2.45, 2.75) is 53.8 Å². The Morgan fingerprint density at radius 1 is 1.32 bits per heavy atom. The number of esters is 2. The van der Waals surface area contributed by atoms with Crippen molar-refractivity contribution in [2.24, 2.45) is 5.41 Å². The maximum atomic E-state index is 12.3. The lowest BCUT2D eigenvalue weighted by molar-refractivity contribution is -0.146. The molecule has 136 valence electrons. The molecule has 5 nitrogen and oxygen atoms in total. The van der Waals surface area contributed by atoms with Gasteiger partial charge in [-0.05, 0) is 39.3 Å². The Morgan fingerprint density at radius 3 is 2.44 bits per heavy atom. The summed E-state index contributed by atoms with van der Waals surface area (Å²) in [7, 11) is 0. The van der Waals surface area contributed by atoms with Gasteiger partial charge in [0.25, 0.3) is 0 Å². The predicted molar refractivity (Wildman–Crippen MR) is 95.7 cm³/mol. The molecule has 1 rings (SSSR count). The van der Waals surface area contributed by atoms with Crippen LogP contribution in [0, 0.1) is 5.41 Å². The van der Waals surface area contributed by atoms with Crippen LogP contribution in [0.4, 0.5) is 0 Å². The minimum Gasteiger partial charge on any atom is -0.454 e. The number of allylic oxidation sites excluding steroid dienone is 3. The molecule has 0 N–H and O–H groups in total. The highest BCUT2D eigenvalue weighted by Gasteiger charge is 2.30. The lowest BCUT2D eigenvalue weighted by atomic mass is 9.78. The molecule has 2 atom stereocenters. The Labute approximate surface area is 149 Å². The standard InChI is InChI=1S/C20H26O5/c1-8-12(2)18(22)24-15(5)14(4)19(23)25-17-9-16(11-21)20(6,7)10-13(17)3/h8-11,15,17H,4H2,1-3,5-7H3. The van der Waals surface area contributed by atoms with Crippen LogP contribution in [0.1, 0.15) is 41.5 Å². The maximum Gasteiger partial charge on any atom is 0.338 e. The molecular formula is C20H26O5. The van der Waals surface area contributed by atoms with Crippen LogP contribution in [-0.2, 0) is 23.9 Å². The summed E-state index contributed by atoms with van der Waals surface area (Å²) in [5.74, 6) is -1.18. The fourth-order valence-electron chi connectivity index (χ4n) is 2.36. The molecule has 0 aliphatic heterocycles. The van der Waals surface area contributed by atoms with Gasteiger partial charge in [0.2, 0.25) is 0 Å². The van der Waals surface area contributed by atoms with Crippen molar-refractivity contribution in [3.63, 3.8) is 0 Å². The summed E-state index contributed by atoms with van der Waals surface area (Å²) in [4.78, 5) is 35.3. The van der Waals surface area contributed by atoms with Crippen molar-refractivity contribution in [2.75, 3.05) is 0 Å². The Hall–Kier alpha value is -2.43. The largest absolute Gasteiger partial charge is 0.454 e. The second-order valence-corrected chi connectivity index (χ2v) is 6.72. The molecule has 0 aromatic carbocycles. The van der Waals surface area contributed by atoms with Gasteiger partial charge >= 0.3 is 11.9 Å². The fraction of sp³-hybridized carbons (Fsp3) is 0.450. The maximum absolute atomic E-state index is 12.3. The van der Waals surface area contributed by atoms with Crippen LogP contribution in [0.2, 0.25) is 0 Å². The Balaban J connectivity index is 2.81. The predicted octanol–water partition coefficient (Wildman–Crippen LogP) is 3.46. The second kappa shape index (κ2) is 8.10. The van der Waals surface area contributed by atoms with Gasteiger partial charge in [-0.15, -0.1) is 0 Å². The van der Waals surface area contributed by atoms with E-state index in [-0.39, 0.29) is 5.57 Å². The monoisotopic (exact) mass is 346 g/mol. The molecule has 0 spiro atoms. The Kier molecular flexibility index (Phi) is 6.68. The van der Waals surface area contributed by atoms with Gasteiger partial charge in [0.05, 0.1) is 5.57 Å². The highest BCUT2D eigenvalue weighted by atomic mass is 16.6. The minimum atomic E-state index is -0.811. The molecule has 1 aliphatic carbocycles. The number of hydrogen-bond acceptors (Lipinski definition) is 5. The summed E-state index contributed by atoms with van der Waals surface area (Å²) >= 11 is 0. The van der Waals surface area contributed by atoms with Gasteiger partial charge < -0.3 is 9.47 Å². The zero-order valence-corrected chi connectivity index (χ0v) is 15.7. The number of rotatable bonds is 6. The minimum absolute atomic E-state index is 0.0379. The van der Waals surface area contributed by atoms with Gasteiger partial charge in [-0.25, -0.2) is 9.59 Å². The Morgan fingerprint density at radius 2 is 1.92 bits per heavy atom. The van der Waals surface area contributed by atoms with E-state index in [1.807, 2.05) is 26.8 Å². The zero-order chi connectivity index (χ0) is 19.4. The molecule has 5 heteroatoms. The van der Waals surface area contributed by atoms with E-state index in [2.05, 4.69) is 6.58 Å². The lowest BCUT2D eigenvalue weighted by Gasteiger charge is -2.30. The van der Waals surface area contributed by atoms with E-state index in [1.165, 1.54) is 0 Å².